The second kappa shape index (κ2) is 8.95. The summed E-state index contributed by atoms with van der Waals surface area (Å²) in [5.41, 5.74) is 2.01. The molecule has 0 aliphatic rings. The highest BCUT2D eigenvalue weighted by molar-refractivity contribution is 5.46. The normalized spacial score (nSPS) is 13.0. The van der Waals surface area contributed by atoms with Gasteiger partial charge in [-0.15, -0.1) is 0 Å². The van der Waals surface area contributed by atoms with Gasteiger partial charge in [-0.1, -0.05) is 27.7 Å². The average Bonchev–Trinajstić information content (AvgIpc) is 2.44. The van der Waals surface area contributed by atoms with Crippen molar-refractivity contribution in [1.29, 1.82) is 0 Å². The second-order valence-corrected chi connectivity index (χ2v) is 6.20. The van der Waals surface area contributed by atoms with Gasteiger partial charge < -0.3 is 15.4 Å². The lowest BCUT2D eigenvalue weighted by molar-refractivity contribution is 0.129. The number of aromatic nitrogens is 2. The number of ether oxygens (including phenoxy) is 1. The van der Waals surface area contributed by atoms with Crippen LogP contribution in [-0.2, 0) is 11.3 Å². The summed E-state index contributed by atoms with van der Waals surface area (Å²) >= 11 is 0. The van der Waals surface area contributed by atoms with Crippen molar-refractivity contribution < 1.29 is 4.74 Å². The second-order valence-electron chi connectivity index (χ2n) is 6.20. The standard InChI is InChI=1S/C16H30N4O/c1-11(2)7-17-9-15-14(18-8-13(5)21-6)10-19-16(20-15)12(3)4/h10-13,17-18H,7-9H2,1-6H3. The van der Waals surface area contributed by atoms with Crippen LogP contribution in [0.3, 0.4) is 0 Å². The maximum absolute atomic E-state index is 5.27. The molecule has 0 saturated carbocycles. The van der Waals surface area contributed by atoms with E-state index in [2.05, 4.69) is 43.3 Å². The molecule has 0 aliphatic heterocycles. The number of rotatable bonds is 9. The van der Waals surface area contributed by atoms with E-state index < -0.39 is 0 Å². The summed E-state index contributed by atoms with van der Waals surface area (Å²) in [6, 6.07) is 0. The third kappa shape index (κ3) is 6.40. The van der Waals surface area contributed by atoms with Crippen LogP contribution in [0.4, 0.5) is 5.69 Å². The molecular weight excluding hydrogens is 264 g/mol. The van der Waals surface area contributed by atoms with Gasteiger partial charge in [0.05, 0.1) is 23.7 Å². The van der Waals surface area contributed by atoms with Gasteiger partial charge in [0.1, 0.15) is 5.82 Å². The van der Waals surface area contributed by atoms with Crippen LogP contribution in [0, 0.1) is 5.92 Å². The molecule has 1 heterocycles. The van der Waals surface area contributed by atoms with E-state index in [9.17, 15) is 0 Å². The molecule has 1 atom stereocenters. The predicted octanol–water partition coefficient (Wildman–Crippen LogP) is 2.79. The molecule has 5 heteroatoms. The zero-order valence-electron chi connectivity index (χ0n) is 14.2. The van der Waals surface area contributed by atoms with E-state index in [1.807, 2.05) is 13.1 Å². The Morgan fingerprint density at radius 2 is 1.86 bits per heavy atom. The Bertz CT molecular complexity index is 421. The lowest BCUT2D eigenvalue weighted by Crippen LogP contribution is -2.23. The maximum atomic E-state index is 5.27. The zero-order valence-corrected chi connectivity index (χ0v) is 14.2. The largest absolute Gasteiger partial charge is 0.380 e. The molecule has 0 amide bonds. The van der Waals surface area contributed by atoms with Crippen molar-refractivity contribution in [2.45, 2.75) is 53.2 Å². The molecule has 1 unspecified atom stereocenters. The summed E-state index contributed by atoms with van der Waals surface area (Å²) < 4.78 is 5.27. The van der Waals surface area contributed by atoms with Crippen molar-refractivity contribution in [2.24, 2.45) is 5.92 Å². The van der Waals surface area contributed by atoms with Gasteiger partial charge in [0, 0.05) is 26.1 Å². The first-order chi connectivity index (χ1) is 9.93. The molecule has 0 fully saturated rings. The van der Waals surface area contributed by atoms with E-state index in [-0.39, 0.29) is 6.10 Å². The Morgan fingerprint density at radius 3 is 2.43 bits per heavy atom. The summed E-state index contributed by atoms with van der Waals surface area (Å²) in [6.45, 7) is 13.1. The third-order valence-electron chi connectivity index (χ3n) is 3.23. The number of nitrogens with one attached hydrogen (secondary N) is 2. The van der Waals surface area contributed by atoms with Crippen molar-refractivity contribution in [3.8, 4) is 0 Å². The third-order valence-corrected chi connectivity index (χ3v) is 3.23. The molecule has 21 heavy (non-hydrogen) atoms. The highest BCUT2D eigenvalue weighted by Gasteiger charge is 2.10. The van der Waals surface area contributed by atoms with Crippen molar-refractivity contribution >= 4 is 5.69 Å². The first kappa shape index (κ1) is 17.9. The van der Waals surface area contributed by atoms with Crippen LogP contribution in [0.15, 0.2) is 6.20 Å². The van der Waals surface area contributed by atoms with Crippen LogP contribution in [0.5, 0.6) is 0 Å². The van der Waals surface area contributed by atoms with Crippen LogP contribution < -0.4 is 10.6 Å². The lowest BCUT2D eigenvalue weighted by Gasteiger charge is -2.16. The van der Waals surface area contributed by atoms with Crippen molar-refractivity contribution in [1.82, 2.24) is 15.3 Å². The fourth-order valence-electron chi connectivity index (χ4n) is 1.81. The molecule has 1 aromatic rings. The molecule has 1 rings (SSSR count). The summed E-state index contributed by atoms with van der Waals surface area (Å²) in [7, 11) is 1.72. The van der Waals surface area contributed by atoms with Crippen molar-refractivity contribution in [2.75, 3.05) is 25.5 Å². The summed E-state index contributed by atoms with van der Waals surface area (Å²) in [5.74, 6) is 1.85. The topological polar surface area (TPSA) is 59.1 Å². The van der Waals surface area contributed by atoms with Gasteiger partial charge >= 0.3 is 0 Å². The van der Waals surface area contributed by atoms with E-state index in [1.165, 1.54) is 0 Å². The highest BCUT2D eigenvalue weighted by atomic mass is 16.5. The molecule has 120 valence electrons. The molecule has 0 aromatic carbocycles. The van der Waals surface area contributed by atoms with Crippen LogP contribution in [0.25, 0.3) is 0 Å². The Balaban J connectivity index is 2.78. The SMILES string of the molecule is COC(C)CNc1cnc(C(C)C)nc1CNCC(C)C. The Kier molecular flexibility index (Phi) is 7.61. The van der Waals surface area contributed by atoms with Gasteiger partial charge in [0.2, 0.25) is 0 Å². The minimum Gasteiger partial charge on any atom is -0.380 e. The zero-order chi connectivity index (χ0) is 15.8. The molecule has 0 radical (unpaired) electrons. The predicted molar refractivity (Wildman–Crippen MR) is 87.6 cm³/mol. The molecule has 2 N–H and O–H groups in total. The maximum Gasteiger partial charge on any atom is 0.131 e. The van der Waals surface area contributed by atoms with E-state index in [0.29, 0.717) is 11.8 Å². The Labute approximate surface area is 128 Å². The lowest BCUT2D eigenvalue weighted by atomic mass is 10.2. The minimum absolute atomic E-state index is 0.159. The number of anilines is 1. The highest BCUT2D eigenvalue weighted by Crippen LogP contribution is 2.16. The minimum atomic E-state index is 0.159. The van der Waals surface area contributed by atoms with Crippen LogP contribution in [0.1, 0.15) is 52.1 Å². The fraction of sp³-hybridized carbons (Fsp3) is 0.750. The van der Waals surface area contributed by atoms with Crippen LogP contribution >= 0.6 is 0 Å². The van der Waals surface area contributed by atoms with Gasteiger partial charge in [-0.2, -0.15) is 0 Å². The number of nitrogens with zero attached hydrogens (tertiary/aromatic N) is 2. The molecule has 0 bridgehead atoms. The summed E-state index contributed by atoms with van der Waals surface area (Å²) in [5, 5.41) is 6.83. The van der Waals surface area contributed by atoms with Gasteiger partial charge in [0.25, 0.3) is 0 Å². The fourth-order valence-corrected chi connectivity index (χ4v) is 1.81. The van der Waals surface area contributed by atoms with E-state index in [4.69, 9.17) is 9.72 Å². The number of hydrogen-bond donors (Lipinski definition) is 2. The van der Waals surface area contributed by atoms with Gasteiger partial charge in [-0.25, -0.2) is 9.97 Å². The molecule has 0 spiro atoms. The summed E-state index contributed by atoms with van der Waals surface area (Å²) in [4.78, 5) is 9.14. The molecule has 5 nitrogen and oxygen atoms in total. The van der Waals surface area contributed by atoms with E-state index in [0.717, 1.165) is 36.8 Å². The molecule has 0 saturated heterocycles. The van der Waals surface area contributed by atoms with Crippen molar-refractivity contribution in [3.05, 3.63) is 17.7 Å². The summed E-state index contributed by atoms with van der Waals surface area (Å²) in [6.07, 6.45) is 2.04. The van der Waals surface area contributed by atoms with Crippen LogP contribution in [-0.4, -0.2) is 36.3 Å². The van der Waals surface area contributed by atoms with Gasteiger partial charge in [0.15, 0.2) is 0 Å². The smallest absolute Gasteiger partial charge is 0.131 e. The molecule has 0 aliphatic carbocycles. The Hall–Kier alpha value is -1.20. The monoisotopic (exact) mass is 294 g/mol. The quantitative estimate of drug-likeness (QED) is 0.733. The molecular formula is C16H30N4O. The first-order valence-electron chi connectivity index (χ1n) is 7.77. The van der Waals surface area contributed by atoms with Crippen LogP contribution in [0.2, 0.25) is 0 Å². The van der Waals surface area contributed by atoms with Gasteiger partial charge in [-0.05, 0) is 19.4 Å². The molecule has 1 aromatic heterocycles. The number of methoxy groups -OCH3 is 1. The van der Waals surface area contributed by atoms with Gasteiger partial charge in [-0.3, -0.25) is 0 Å². The first-order valence-corrected chi connectivity index (χ1v) is 7.77. The van der Waals surface area contributed by atoms with E-state index in [1.54, 1.807) is 7.11 Å². The average molecular weight is 294 g/mol. The van der Waals surface area contributed by atoms with Crippen molar-refractivity contribution in [3.63, 3.8) is 0 Å². The number of hydrogen-bond acceptors (Lipinski definition) is 5. The Morgan fingerprint density at radius 1 is 1.14 bits per heavy atom. The van der Waals surface area contributed by atoms with E-state index >= 15 is 0 Å².